The second kappa shape index (κ2) is 1.69. The molecule has 3 heteroatoms. The minimum absolute atomic E-state index is 0.103. The van der Waals surface area contributed by atoms with Gasteiger partial charge in [0.2, 0.25) is 0 Å². The molecule has 0 radical (unpaired) electrons. The van der Waals surface area contributed by atoms with Crippen LogP contribution in [0, 0.1) is 0 Å². The Balaban J connectivity index is 2.29. The molecule has 9 heavy (non-hydrogen) atoms. The zero-order valence-corrected chi connectivity index (χ0v) is 4.91. The van der Waals surface area contributed by atoms with Crippen molar-refractivity contribution in [1.82, 2.24) is 5.32 Å². The lowest BCUT2D eigenvalue weighted by Crippen LogP contribution is -2.14. The first kappa shape index (κ1) is 4.73. The number of aliphatic imine (C=N–C) groups is 2. The molecular weight excluding hydrogens is 114 g/mol. The smallest absolute Gasteiger partial charge is 0.164 e. The van der Waals surface area contributed by atoms with Gasteiger partial charge >= 0.3 is 0 Å². The summed E-state index contributed by atoms with van der Waals surface area (Å²) in [4.78, 5) is 8.22. The molecule has 46 valence electrons. The van der Waals surface area contributed by atoms with Crippen molar-refractivity contribution in [3.8, 4) is 0 Å². The maximum absolute atomic E-state index is 4.13. The Morgan fingerprint density at radius 3 is 3.44 bits per heavy atom. The molecule has 1 atom stereocenters. The number of rotatable bonds is 0. The first-order valence-electron chi connectivity index (χ1n) is 2.95. The van der Waals surface area contributed by atoms with Crippen LogP contribution in [0.25, 0.3) is 0 Å². The van der Waals surface area contributed by atoms with Crippen molar-refractivity contribution in [3.63, 3.8) is 0 Å². The summed E-state index contributed by atoms with van der Waals surface area (Å²) in [6, 6.07) is 0. The van der Waals surface area contributed by atoms with Gasteiger partial charge in [-0.2, -0.15) is 0 Å². The molecule has 0 fully saturated rings. The van der Waals surface area contributed by atoms with Crippen LogP contribution >= 0.6 is 0 Å². The number of nitrogens with one attached hydrogen (secondary N) is 1. The highest BCUT2D eigenvalue weighted by atomic mass is 15.1. The average molecular weight is 121 g/mol. The average Bonchev–Trinajstić information content (AvgIpc) is 2.33. The zero-order valence-electron chi connectivity index (χ0n) is 4.91. The molecule has 0 amide bonds. The summed E-state index contributed by atoms with van der Waals surface area (Å²) in [6.07, 6.45) is 6.60. The highest BCUT2D eigenvalue weighted by Gasteiger charge is 2.15. The number of nitrogens with zero attached hydrogens (tertiary/aromatic N) is 2. The van der Waals surface area contributed by atoms with Gasteiger partial charge in [0.15, 0.2) is 6.17 Å². The van der Waals surface area contributed by atoms with E-state index < -0.39 is 0 Å². The second-order valence-corrected chi connectivity index (χ2v) is 2.07. The summed E-state index contributed by atoms with van der Waals surface area (Å²) in [5.41, 5.74) is 1.26. The molecule has 1 N–H and O–H groups in total. The molecule has 3 nitrogen and oxygen atoms in total. The van der Waals surface area contributed by atoms with E-state index in [0.29, 0.717) is 0 Å². The fourth-order valence-electron chi connectivity index (χ4n) is 0.985. The zero-order chi connectivity index (χ0) is 6.10. The van der Waals surface area contributed by atoms with Crippen molar-refractivity contribution in [3.05, 3.63) is 11.8 Å². The SMILES string of the molecule is C1=NC2N=CNC=C2C1. The van der Waals surface area contributed by atoms with E-state index in [1.54, 1.807) is 6.34 Å². The Morgan fingerprint density at radius 1 is 1.56 bits per heavy atom. The highest BCUT2D eigenvalue weighted by Crippen LogP contribution is 2.17. The number of hydrogen-bond donors (Lipinski definition) is 1. The molecular formula is C6H7N3. The molecule has 1 unspecified atom stereocenters. The molecule has 2 heterocycles. The maximum Gasteiger partial charge on any atom is 0.164 e. The number of fused-ring (bicyclic) bond motifs is 1. The van der Waals surface area contributed by atoms with Crippen LogP contribution in [0.5, 0.6) is 0 Å². The third kappa shape index (κ3) is 0.650. The van der Waals surface area contributed by atoms with Crippen LogP contribution in [0.3, 0.4) is 0 Å². The summed E-state index contributed by atoms with van der Waals surface area (Å²) in [5, 5.41) is 2.92. The Kier molecular flexibility index (Phi) is 0.886. The molecule has 0 aromatic carbocycles. The van der Waals surface area contributed by atoms with E-state index in [1.165, 1.54) is 5.57 Å². The van der Waals surface area contributed by atoms with Crippen molar-refractivity contribution in [2.45, 2.75) is 12.6 Å². The van der Waals surface area contributed by atoms with E-state index in [0.717, 1.165) is 6.42 Å². The largest absolute Gasteiger partial charge is 0.353 e. The molecule has 0 spiro atoms. The fraction of sp³-hybridized carbons (Fsp3) is 0.333. The van der Waals surface area contributed by atoms with Crippen LogP contribution in [0.2, 0.25) is 0 Å². The summed E-state index contributed by atoms with van der Waals surface area (Å²) in [6.45, 7) is 0. The molecule has 0 saturated heterocycles. The van der Waals surface area contributed by atoms with Gasteiger partial charge in [-0.3, -0.25) is 4.99 Å². The van der Waals surface area contributed by atoms with Crippen molar-refractivity contribution in [2.75, 3.05) is 0 Å². The van der Waals surface area contributed by atoms with Gasteiger partial charge in [0.25, 0.3) is 0 Å². The van der Waals surface area contributed by atoms with Crippen LogP contribution in [-0.4, -0.2) is 18.7 Å². The van der Waals surface area contributed by atoms with Gasteiger partial charge in [-0.05, 0) is 5.57 Å². The van der Waals surface area contributed by atoms with Gasteiger partial charge in [0.1, 0.15) is 0 Å². The summed E-state index contributed by atoms with van der Waals surface area (Å²) < 4.78 is 0. The minimum atomic E-state index is 0.103. The van der Waals surface area contributed by atoms with Gasteiger partial charge in [-0.15, -0.1) is 0 Å². The van der Waals surface area contributed by atoms with Gasteiger partial charge in [-0.1, -0.05) is 0 Å². The Morgan fingerprint density at radius 2 is 2.56 bits per heavy atom. The highest BCUT2D eigenvalue weighted by molar-refractivity contribution is 5.69. The maximum atomic E-state index is 4.13. The van der Waals surface area contributed by atoms with E-state index in [1.807, 2.05) is 12.4 Å². The predicted octanol–water partition coefficient (Wildman–Crippen LogP) is 0.302. The molecule has 0 aromatic heterocycles. The summed E-state index contributed by atoms with van der Waals surface area (Å²) in [5.74, 6) is 0. The Labute approximate surface area is 53.2 Å². The first-order valence-corrected chi connectivity index (χ1v) is 2.95. The van der Waals surface area contributed by atoms with E-state index >= 15 is 0 Å². The monoisotopic (exact) mass is 121 g/mol. The normalized spacial score (nSPS) is 29.3. The Bertz CT molecular complexity index is 202. The first-order chi connectivity index (χ1) is 4.47. The molecule has 0 aliphatic carbocycles. The lowest BCUT2D eigenvalue weighted by Gasteiger charge is -2.08. The van der Waals surface area contributed by atoms with Crippen molar-refractivity contribution in [2.24, 2.45) is 9.98 Å². The van der Waals surface area contributed by atoms with Crippen molar-refractivity contribution in [1.29, 1.82) is 0 Å². The summed E-state index contributed by atoms with van der Waals surface area (Å²) >= 11 is 0. The van der Waals surface area contributed by atoms with E-state index in [4.69, 9.17) is 0 Å². The van der Waals surface area contributed by atoms with Crippen LogP contribution in [0.4, 0.5) is 0 Å². The van der Waals surface area contributed by atoms with Gasteiger partial charge in [-0.25, -0.2) is 4.99 Å². The van der Waals surface area contributed by atoms with Gasteiger partial charge in [0.05, 0.1) is 6.34 Å². The molecule has 2 aliphatic rings. The van der Waals surface area contributed by atoms with Crippen LogP contribution < -0.4 is 5.32 Å². The van der Waals surface area contributed by atoms with Crippen LogP contribution in [0.1, 0.15) is 6.42 Å². The molecule has 0 bridgehead atoms. The molecule has 2 rings (SSSR count). The topological polar surface area (TPSA) is 36.8 Å². The van der Waals surface area contributed by atoms with Gasteiger partial charge < -0.3 is 5.32 Å². The molecule has 2 aliphatic heterocycles. The lowest BCUT2D eigenvalue weighted by atomic mass is 10.2. The van der Waals surface area contributed by atoms with E-state index in [-0.39, 0.29) is 6.17 Å². The van der Waals surface area contributed by atoms with E-state index in [2.05, 4.69) is 15.3 Å². The molecule has 0 aromatic rings. The third-order valence-electron chi connectivity index (χ3n) is 1.46. The van der Waals surface area contributed by atoms with Gasteiger partial charge in [0, 0.05) is 18.8 Å². The standard InChI is InChI=1S/C6H7N3/c1-2-8-6-5(1)3-7-4-9-6/h2-4,6H,1H2,(H,7,9). The van der Waals surface area contributed by atoms with E-state index in [9.17, 15) is 0 Å². The van der Waals surface area contributed by atoms with Crippen LogP contribution in [-0.2, 0) is 0 Å². The predicted molar refractivity (Wildman–Crippen MR) is 36.6 cm³/mol. The Hall–Kier alpha value is -1.12. The minimum Gasteiger partial charge on any atom is -0.353 e. The van der Waals surface area contributed by atoms with Crippen molar-refractivity contribution < 1.29 is 0 Å². The van der Waals surface area contributed by atoms with Crippen molar-refractivity contribution >= 4 is 12.6 Å². The lowest BCUT2D eigenvalue weighted by molar-refractivity contribution is 0.821. The molecule has 0 saturated carbocycles. The third-order valence-corrected chi connectivity index (χ3v) is 1.46. The second-order valence-electron chi connectivity index (χ2n) is 2.07. The fourth-order valence-corrected chi connectivity index (χ4v) is 0.985. The quantitative estimate of drug-likeness (QED) is 0.491. The van der Waals surface area contributed by atoms with Crippen LogP contribution in [0.15, 0.2) is 21.8 Å². The number of hydrogen-bond acceptors (Lipinski definition) is 3. The summed E-state index contributed by atoms with van der Waals surface area (Å²) in [7, 11) is 0.